The number of benzene rings is 2. The Kier molecular flexibility index (Phi) is 5.84. The van der Waals surface area contributed by atoms with Gasteiger partial charge in [-0.15, -0.1) is 10.2 Å². The molecule has 0 atom stereocenters. The van der Waals surface area contributed by atoms with Gasteiger partial charge in [-0.3, -0.25) is 4.90 Å². The van der Waals surface area contributed by atoms with Crippen molar-refractivity contribution in [3.8, 4) is 11.5 Å². The van der Waals surface area contributed by atoms with Gasteiger partial charge in [0.05, 0.1) is 17.1 Å². The number of hydrogen-bond acceptors (Lipinski definition) is 4. The van der Waals surface area contributed by atoms with E-state index in [1.165, 1.54) is 11.1 Å². The first-order valence-corrected chi connectivity index (χ1v) is 8.88. The van der Waals surface area contributed by atoms with E-state index < -0.39 is 0 Å². The highest BCUT2D eigenvalue weighted by molar-refractivity contribution is 6.33. The molecule has 0 unspecified atom stereocenters. The van der Waals surface area contributed by atoms with E-state index in [9.17, 15) is 0 Å². The van der Waals surface area contributed by atoms with E-state index in [1.54, 1.807) is 0 Å². The Morgan fingerprint density at radius 3 is 2.48 bits per heavy atom. The average Bonchev–Trinajstić information content (AvgIpc) is 3.06. The summed E-state index contributed by atoms with van der Waals surface area (Å²) in [6.45, 7) is 6.72. The van der Waals surface area contributed by atoms with E-state index in [0.717, 1.165) is 25.1 Å². The molecule has 1 aromatic heterocycles. The minimum atomic E-state index is 0.465. The summed E-state index contributed by atoms with van der Waals surface area (Å²) >= 11 is 6.21. The topological polar surface area (TPSA) is 42.2 Å². The number of rotatable bonds is 7. The van der Waals surface area contributed by atoms with Gasteiger partial charge in [-0.25, -0.2) is 0 Å². The van der Waals surface area contributed by atoms with Gasteiger partial charge in [0.15, 0.2) is 0 Å². The number of aromatic nitrogens is 2. The smallest absolute Gasteiger partial charge is 0.249 e. The molecule has 0 aliphatic rings. The van der Waals surface area contributed by atoms with Crippen LogP contribution in [0.3, 0.4) is 0 Å². The molecule has 4 nitrogen and oxygen atoms in total. The third kappa shape index (κ3) is 4.68. The van der Waals surface area contributed by atoms with Crippen LogP contribution in [0.4, 0.5) is 0 Å². The first-order chi connectivity index (χ1) is 12.2. The van der Waals surface area contributed by atoms with Crippen LogP contribution in [0.2, 0.25) is 5.02 Å². The molecule has 0 amide bonds. The summed E-state index contributed by atoms with van der Waals surface area (Å²) < 4.78 is 5.84. The zero-order chi connectivity index (χ0) is 17.6. The Hall–Kier alpha value is -2.17. The molecule has 0 saturated heterocycles. The molecule has 3 rings (SSSR count). The van der Waals surface area contributed by atoms with Gasteiger partial charge in [0.1, 0.15) is 0 Å². The van der Waals surface area contributed by atoms with Crippen molar-refractivity contribution >= 4 is 11.6 Å². The summed E-state index contributed by atoms with van der Waals surface area (Å²) in [5.74, 6) is 1.07. The van der Waals surface area contributed by atoms with E-state index in [1.807, 2.05) is 24.3 Å². The lowest BCUT2D eigenvalue weighted by Crippen LogP contribution is -2.23. The van der Waals surface area contributed by atoms with Gasteiger partial charge in [0, 0.05) is 6.54 Å². The van der Waals surface area contributed by atoms with Crippen LogP contribution in [0, 0.1) is 6.92 Å². The molecular weight excluding hydrogens is 334 g/mol. The second kappa shape index (κ2) is 8.28. The molecular formula is C20H22ClN3O. The third-order valence-corrected chi connectivity index (χ3v) is 4.33. The van der Waals surface area contributed by atoms with E-state index in [4.69, 9.17) is 16.0 Å². The molecule has 5 heteroatoms. The van der Waals surface area contributed by atoms with Crippen LogP contribution in [-0.2, 0) is 13.1 Å². The van der Waals surface area contributed by atoms with Gasteiger partial charge < -0.3 is 4.42 Å². The van der Waals surface area contributed by atoms with Crippen molar-refractivity contribution in [3.63, 3.8) is 0 Å². The predicted molar refractivity (Wildman–Crippen MR) is 100 cm³/mol. The average molecular weight is 356 g/mol. The zero-order valence-electron chi connectivity index (χ0n) is 14.6. The molecule has 0 aliphatic carbocycles. The van der Waals surface area contributed by atoms with Gasteiger partial charge in [-0.1, -0.05) is 60.5 Å². The van der Waals surface area contributed by atoms with Crippen LogP contribution < -0.4 is 0 Å². The van der Waals surface area contributed by atoms with Crippen LogP contribution in [0.1, 0.15) is 30.4 Å². The van der Waals surface area contributed by atoms with Crippen molar-refractivity contribution in [3.05, 3.63) is 70.6 Å². The van der Waals surface area contributed by atoms with Gasteiger partial charge in [0.25, 0.3) is 0 Å². The molecule has 0 N–H and O–H groups in total. The number of nitrogens with zero attached hydrogens (tertiary/aromatic N) is 3. The molecule has 0 radical (unpaired) electrons. The zero-order valence-corrected chi connectivity index (χ0v) is 15.3. The Balaban J connectivity index is 1.72. The molecule has 2 aromatic carbocycles. The van der Waals surface area contributed by atoms with Crippen molar-refractivity contribution in [2.75, 3.05) is 6.54 Å². The van der Waals surface area contributed by atoms with Crippen molar-refractivity contribution in [2.24, 2.45) is 0 Å². The molecule has 0 fully saturated rings. The van der Waals surface area contributed by atoms with E-state index >= 15 is 0 Å². The Morgan fingerprint density at radius 2 is 1.76 bits per heavy atom. The Morgan fingerprint density at radius 1 is 1.00 bits per heavy atom. The highest BCUT2D eigenvalue weighted by Crippen LogP contribution is 2.26. The van der Waals surface area contributed by atoms with Crippen LogP contribution in [0.15, 0.2) is 52.9 Å². The Labute approximate surface area is 153 Å². The fraction of sp³-hybridized carbons (Fsp3) is 0.300. The summed E-state index contributed by atoms with van der Waals surface area (Å²) in [5, 5.41) is 8.96. The van der Waals surface area contributed by atoms with Crippen molar-refractivity contribution in [2.45, 2.75) is 33.4 Å². The highest BCUT2D eigenvalue weighted by atomic mass is 35.5. The molecule has 0 spiro atoms. The first-order valence-electron chi connectivity index (χ1n) is 8.51. The quantitative estimate of drug-likeness (QED) is 0.590. The minimum Gasteiger partial charge on any atom is -0.419 e. The van der Waals surface area contributed by atoms with E-state index in [-0.39, 0.29) is 0 Å². The van der Waals surface area contributed by atoms with Crippen LogP contribution in [0.25, 0.3) is 11.5 Å². The molecule has 3 aromatic rings. The summed E-state index contributed by atoms with van der Waals surface area (Å²) in [4.78, 5) is 2.31. The Bertz CT molecular complexity index is 814. The fourth-order valence-corrected chi connectivity index (χ4v) is 2.95. The van der Waals surface area contributed by atoms with Gasteiger partial charge >= 0.3 is 0 Å². The second-order valence-corrected chi connectivity index (χ2v) is 6.58. The predicted octanol–water partition coefficient (Wildman–Crippen LogP) is 5.11. The maximum atomic E-state index is 6.21. The third-order valence-electron chi connectivity index (χ3n) is 4.00. The number of hydrogen-bond donors (Lipinski definition) is 0. The SMILES string of the molecule is CCCN(Cc1ccc(C)cc1)Cc1nnc(-c2ccccc2Cl)o1. The van der Waals surface area contributed by atoms with Crippen LogP contribution in [0.5, 0.6) is 0 Å². The van der Waals surface area contributed by atoms with E-state index in [2.05, 4.69) is 53.2 Å². The van der Waals surface area contributed by atoms with Crippen molar-refractivity contribution < 1.29 is 4.42 Å². The van der Waals surface area contributed by atoms with Crippen molar-refractivity contribution in [1.29, 1.82) is 0 Å². The van der Waals surface area contributed by atoms with Crippen LogP contribution >= 0.6 is 11.6 Å². The lowest BCUT2D eigenvalue weighted by atomic mass is 10.1. The molecule has 0 aliphatic heterocycles. The largest absolute Gasteiger partial charge is 0.419 e. The fourth-order valence-electron chi connectivity index (χ4n) is 2.73. The summed E-state index contributed by atoms with van der Waals surface area (Å²) in [5.41, 5.74) is 3.32. The molecule has 25 heavy (non-hydrogen) atoms. The highest BCUT2D eigenvalue weighted by Gasteiger charge is 2.14. The lowest BCUT2D eigenvalue weighted by Gasteiger charge is -2.19. The number of halogens is 1. The maximum absolute atomic E-state index is 6.21. The van der Waals surface area contributed by atoms with Crippen LogP contribution in [-0.4, -0.2) is 21.6 Å². The molecule has 130 valence electrons. The summed E-state index contributed by atoms with van der Waals surface area (Å²) in [6.07, 6.45) is 1.07. The standard InChI is InChI=1S/C20H22ClN3O/c1-3-12-24(13-16-10-8-15(2)9-11-16)14-19-22-23-20(25-19)17-6-4-5-7-18(17)21/h4-11H,3,12-14H2,1-2H3. The number of aryl methyl sites for hydroxylation is 1. The normalized spacial score (nSPS) is 11.2. The first kappa shape index (κ1) is 17.6. The maximum Gasteiger partial charge on any atom is 0.249 e. The molecule has 0 saturated carbocycles. The van der Waals surface area contributed by atoms with Gasteiger partial charge in [-0.05, 0) is 37.6 Å². The minimum absolute atomic E-state index is 0.465. The lowest BCUT2D eigenvalue weighted by molar-refractivity contribution is 0.232. The monoisotopic (exact) mass is 355 g/mol. The van der Waals surface area contributed by atoms with Crippen molar-refractivity contribution in [1.82, 2.24) is 15.1 Å². The second-order valence-electron chi connectivity index (χ2n) is 6.18. The van der Waals surface area contributed by atoms with Gasteiger partial charge in [-0.2, -0.15) is 0 Å². The summed E-state index contributed by atoms with van der Waals surface area (Å²) in [6, 6.07) is 16.1. The summed E-state index contributed by atoms with van der Waals surface area (Å²) in [7, 11) is 0. The van der Waals surface area contributed by atoms with Gasteiger partial charge in [0.2, 0.25) is 11.8 Å². The van der Waals surface area contributed by atoms with E-state index in [0.29, 0.717) is 23.3 Å². The molecule has 0 bridgehead atoms. The molecule has 1 heterocycles.